The first-order valence-electron chi connectivity index (χ1n) is 5.86. The van der Waals surface area contributed by atoms with Crippen LogP contribution in [-0.4, -0.2) is 36.1 Å². The second-order valence-electron chi connectivity index (χ2n) is 4.15. The summed E-state index contributed by atoms with van der Waals surface area (Å²) in [5, 5.41) is 11.9. The number of halogens is 2. The van der Waals surface area contributed by atoms with Gasteiger partial charge in [0.15, 0.2) is 0 Å². The molecule has 1 amide bonds. The highest BCUT2D eigenvalue weighted by Crippen LogP contribution is 2.21. The molecule has 0 aliphatic heterocycles. The van der Waals surface area contributed by atoms with Crippen molar-refractivity contribution in [3.05, 3.63) is 33.8 Å². The molecular formula is C13H13Cl2NO5. The first-order chi connectivity index (χ1) is 9.83. The van der Waals surface area contributed by atoms with Gasteiger partial charge in [-0.15, -0.1) is 0 Å². The minimum atomic E-state index is -1.35. The number of benzene rings is 1. The van der Waals surface area contributed by atoms with Gasteiger partial charge in [-0.1, -0.05) is 29.3 Å². The summed E-state index contributed by atoms with van der Waals surface area (Å²) in [6.07, 6.45) is -0.577. The van der Waals surface area contributed by atoms with Crippen molar-refractivity contribution in [1.82, 2.24) is 5.32 Å². The summed E-state index contributed by atoms with van der Waals surface area (Å²) in [7, 11) is 1.14. The number of aliphatic carboxylic acids is 1. The normalized spacial score (nSPS) is 11.6. The number of esters is 1. The molecule has 0 radical (unpaired) electrons. The number of carboxylic acid groups (broad SMARTS) is 1. The quantitative estimate of drug-likeness (QED) is 0.772. The van der Waals surface area contributed by atoms with Gasteiger partial charge in [-0.25, -0.2) is 4.79 Å². The smallest absolute Gasteiger partial charge is 0.326 e. The Kier molecular flexibility index (Phi) is 6.45. The lowest BCUT2D eigenvalue weighted by atomic mass is 10.1. The largest absolute Gasteiger partial charge is 0.480 e. The number of rotatable bonds is 6. The molecule has 0 saturated heterocycles. The average Bonchev–Trinajstić information content (AvgIpc) is 2.40. The van der Waals surface area contributed by atoms with Crippen LogP contribution in [-0.2, 0) is 25.5 Å². The Morgan fingerprint density at radius 1 is 1.33 bits per heavy atom. The van der Waals surface area contributed by atoms with Crippen LogP contribution in [0.1, 0.15) is 12.0 Å². The molecule has 2 N–H and O–H groups in total. The van der Waals surface area contributed by atoms with Crippen molar-refractivity contribution in [2.45, 2.75) is 18.9 Å². The van der Waals surface area contributed by atoms with Crippen molar-refractivity contribution in [2.24, 2.45) is 0 Å². The fourth-order valence-electron chi connectivity index (χ4n) is 1.53. The van der Waals surface area contributed by atoms with E-state index >= 15 is 0 Å². The highest BCUT2D eigenvalue weighted by molar-refractivity contribution is 6.35. The SMILES string of the molecule is COC(=O)C[C@H](NC(=O)Cc1ccc(Cl)cc1Cl)C(=O)O. The van der Waals surface area contributed by atoms with E-state index in [9.17, 15) is 14.4 Å². The summed E-state index contributed by atoms with van der Waals surface area (Å²) >= 11 is 11.7. The predicted octanol–water partition coefficient (Wildman–Crippen LogP) is 1.67. The molecule has 0 aliphatic rings. The molecule has 8 heteroatoms. The van der Waals surface area contributed by atoms with Crippen LogP contribution in [0, 0.1) is 0 Å². The maximum Gasteiger partial charge on any atom is 0.326 e. The van der Waals surface area contributed by atoms with Gasteiger partial charge in [-0.2, -0.15) is 0 Å². The zero-order valence-electron chi connectivity index (χ0n) is 11.1. The first-order valence-corrected chi connectivity index (χ1v) is 6.62. The molecular weight excluding hydrogens is 321 g/mol. The molecule has 1 atom stereocenters. The molecule has 0 fully saturated rings. The van der Waals surface area contributed by atoms with Crippen LogP contribution in [0.5, 0.6) is 0 Å². The lowest BCUT2D eigenvalue weighted by Gasteiger charge is -2.13. The number of carboxylic acids is 1. The van der Waals surface area contributed by atoms with E-state index in [1.807, 2.05) is 0 Å². The number of nitrogens with one attached hydrogen (secondary N) is 1. The second-order valence-corrected chi connectivity index (χ2v) is 4.99. The molecule has 1 aromatic rings. The number of amides is 1. The van der Waals surface area contributed by atoms with Gasteiger partial charge in [0.25, 0.3) is 0 Å². The summed E-state index contributed by atoms with van der Waals surface area (Å²) in [5.74, 6) is -2.63. The minimum absolute atomic E-state index is 0.124. The van der Waals surface area contributed by atoms with Crippen molar-refractivity contribution in [1.29, 1.82) is 0 Å². The van der Waals surface area contributed by atoms with Gasteiger partial charge in [0.2, 0.25) is 5.91 Å². The summed E-state index contributed by atoms with van der Waals surface area (Å²) in [4.78, 5) is 33.9. The van der Waals surface area contributed by atoms with Gasteiger partial charge in [0.05, 0.1) is 20.0 Å². The monoisotopic (exact) mass is 333 g/mol. The van der Waals surface area contributed by atoms with Crippen molar-refractivity contribution in [3.63, 3.8) is 0 Å². The number of hydrogen-bond donors (Lipinski definition) is 2. The van der Waals surface area contributed by atoms with Crippen LogP contribution in [0.3, 0.4) is 0 Å². The number of hydrogen-bond acceptors (Lipinski definition) is 4. The minimum Gasteiger partial charge on any atom is -0.480 e. The van der Waals surface area contributed by atoms with Gasteiger partial charge in [-0.05, 0) is 17.7 Å². The third-order valence-electron chi connectivity index (χ3n) is 2.60. The van der Waals surface area contributed by atoms with E-state index in [1.165, 1.54) is 6.07 Å². The van der Waals surface area contributed by atoms with Crippen LogP contribution in [0.15, 0.2) is 18.2 Å². The van der Waals surface area contributed by atoms with E-state index in [0.717, 1.165) is 7.11 Å². The van der Waals surface area contributed by atoms with E-state index in [-0.39, 0.29) is 6.42 Å². The predicted molar refractivity (Wildman–Crippen MR) is 76.4 cm³/mol. The maximum atomic E-state index is 11.8. The molecule has 1 rings (SSSR count). The molecule has 0 aromatic heterocycles. The molecule has 114 valence electrons. The summed E-state index contributed by atoms with van der Waals surface area (Å²) in [6, 6.07) is 3.27. The average molecular weight is 334 g/mol. The third kappa shape index (κ3) is 5.61. The van der Waals surface area contributed by atoms with Crippen molar-refractivity contribution in [3.8, 4) is 0 Å². The molecule has 21 heavy (non-hydrogen) atoms. The van der Waals surface area contributed by atoms with Crippen LogP contribution < -0.4 is 5.32 Å². The van der Waals surface area contributed by atoms with Crippen LogP contribution in [0.4, 0.5) is 0 Å². The Bertz CT molecular complexity index is 561. The Morgan fingerprint density at radius 2 is 2.00 bits per heavy atom. The van der Waals surface area contributed by atoms with Crippen LogP contribution >= 0.6 is 23.2 Å². The number of carbonyl (C=O) groups excluding carboxylic acids is 2. The molecule has 0 unspecified atom stereocenters. The summed E-state index contributed by atoms with van der Waals surface area (Å²) < 4.78 is 4.37. The molecule has 0 spiro atoms. The first kappa shape index (κ1) is 17.3. The standard InChI is InChI=1S/C13H13Cl2NO5/c1-21-12(18)6-10(13(19)20)16-11(17)4-7-2-3-8(14)5-9(7)15/h2-3,5,10H,4,6H2,1H3,(H,16,17)(H,19,20)/t10-/m0/s1. The molecule has 6 nitrogen and oxygen atoms in total. The van der Waals surface area contributed by atoms with Crippen LogP contribution in [0.25, 0.3) is 0 Å². The Labute approximate surface area is 131 Å². The highest BCUT2D eigenvalue weighted by Gasteiger charge is 2.24. The Hall–Kier alpha value is -1.79. The van der Waals surface area contributed by atoms with Gasteiger partial charge in [-0.3, -0.25) is 9.59 Å². The molecule has 0 aliphatic carbocycles. The zero-order valence-corrected chi connectivity index (χ0v) is 12.6. The van der Waals surface area contributed by atoms with Gasteiger partial charge < -0.3 is 15.2 Å². The summed E-state index contributed by atoms with van der Waals surface area (Å²) in [6.45, 7) is 0. The fraction of sp³-hybridized carbons (Fsp3) is 0.308. The lowest BCUT2D eigenvalue weighted by molar-refractivity contribution is -0.148. The molecule has 0 heterocycles. The highest BCUT2D eigenvalue weighted by atomic mass is 35.5. The van der Waals surface area contributed by atoms with E-state index in [0.29, 0.717) is 15.6 Å². The van der Waals surface area contributed by atoms with Crippen molar-refractivity contribution < 1.29 is 24.2 Å². The zero-order chi connectivity index (χ0) is 16.0. The summed E-state index contributed by atoms with van der Waals surface area (Å²) in [5.41, 5.74) is 0.501. The Morgan fingerprint density at radius 3 is 2.52 bits per heavy atom. The molecule has 0 bridgehead atoms. The van der Waals surface area contributed by atoms with E-state index in [1.54, 1.807) is 12.1 Å². The Balaban J connectivity index is 2.69. The maximum absolute atomic E-state index is 11.8. The van der Waals surface area contributed by atoms with E-state index < -0.39 is 30.3 Å². The molecule has 0 saturated carbocycles. The lowest BCUT2D eigenvalue weighted by Crippen LogP contribution is -2.43. The fourth-order valence-corrected chi connectivity index (χ4v) is 2.01. The number of ether oxygens (including phenoxy) is 1. The second kappa shape index (κ2) is 7.85. The third-order valence-corrected chi connectivity index (χ3v) is 3.18. The van der Waals surface area contributed by atoms with E-state index in [2.05, 4.69) is 10.1 Å². The van der Waals surface area contributed by atoms with E-state index in [4.69, 9.17) is 28.3 Å². The van der Waals surface area contributed by atoms with Gasteiger partial charge >= 0.3 is 11.9 Å². The van der Waals surface area contributed by atoms with Gasteiger partial charge in [0.1, 0.15) is 6.04 Å². The van der Waals surface area contributed by atoms with Gasteiger partial charge in [0, 0.05) is 10.0 Å². The number of carbonyl (C=O) groups is 3. The number of methoxy groups -OCH3 is 1. The van der Waals surface area contributed by atoms with Crippen molar-refractivity contribution >= 4 is 41.0 Å². The topological polar surface area (TPSA) is 92.7 Å². The van der Waals surface area contributed by atoms with Crippen molar-refractivity contribution in [2.75, 3.05) is 7.11 Å². The molecule has 1 aromatic carbocycles. The van der Waals surface area contributed by atoms with Crippen LogP contribution in [0.2, 0.25) is 10.0 Å².